The van der Waals surface area contributed by atoms with Crippen molar-refractivity contribution in [2.75, 3.05) is 13.1 Å². The summed E-state index contributed by atoms with van der Waals surface area (Å²) in [4.78, 5) is 25.1. The summed E-state index contributed by atoms with van der Waals surface area (Å²) in [5, 5.41) is 0. The van der Waals surface area contributed by atoms with Gasteiger partial charge in [0.05, 0.1) is 0 Å². The van der Waals surface area contributed by atoms with Crippen LogP contribution < -0.4 is 5.73 Å². The lowest BCUT2D eigenvalue weighted by atomic mass is 9.95. The number of aryl methyl sites for hydroxylation is 1. The summed E-state index contributed by atoms with van der Waals surface area (Å²) in [5.41, 5.74) is 6.40. The van der Waals surface area contributed by atoms with Crippen LogP contribution in [0, 0.1) is 18.7 Å². The van der Waals surface area contributed by atoms with E-state index in [1.54, 1.807) is 11.8 Å². The molecule has 0 radical (unpaired) electrons. The Morgan fingerprint density at radius 1 is 1.32 bits per heavy atom. The van der Waals surface area contributed by atoms with Crippen molar-refractivity contribution < 1.29 is 14.0 Å². The third-order valence-corrected chi connectivity index (χ3v) is 3.60. The average molecular weight is 264 g/mol. The summed E-state index contributed by atoms with van der Waals surface area (Å²) in [6, 6.07) is 4.15. The van der Waals surface area contributed by atoms with Gasteiger partial charge >= 0.3 is 0 Å². The second-order valence-corrected chi connectivity index (χ2v) is 4.93. The lowest BCUT2D eigenvalue weighted by Crippen LogP contribution is -2.41. The van der Waals surface area contributed by atoms with Crippen LogP contribution in [0.5, 0.6) is 0 Å². The van der Waals surface area contributed by atoms with Crippen LogP contribution in [0.4, 0.5) is 4.39 Å². The average Bonchev–Trinajstić information content (AvgIpc) is 2.38. The molecule has 0 spiro atoms. The summed E-state index contributed by atoms with van der Waals surface area (Å²) in [5.74, 6) is -0.898. The van der Waals surface area contributed by atoms with Crippen molar-refractivity contribution in [3.8, 4) is 0 Å². The molecule has 1 saturated heterocycles. The number of piperidine rings is 1. The molecule has 0 aromatic heterocycles. The van der Waals surface area contributed by atoms with E-state index in [4.69, 9.17) is 5.73 Å². The van der Waals surface area contributed by atoms with Crippen molar-refractivity contribution in [3.05, 3.63) is 35.1 Å². The highest BCUT2D eigenvalue weighted by molar-refractivity contribution is 5.95. The van der Waals surface area contributed by atoms with Gasteiger partial charge in [0.15, 0.2) is 0 Å². The molecular formula is C14H17FN2O2. The van der Waals surface area contributed by atoms with Crippen molar-refractivity contribution in [2.24, 2.45) is 11.7 Å². The molecule has 102 valence electrons. The Kier molecular flexibility index (Phi) is 3.83. The molecule has 1 fully saturated rings. The Morgan fingerprint density at radius 2 is 1.95 bits per heavy atom. The van der Waals surface area contributed by atoms with E-state index in [1.165, 1.54) is 18.2 Å². The van der Waals surface area contributed by atoms with Gasteiger partial charge in [-0.1, -0.05) is 0 Å². The molecule has 1 aliphatic heterocycles. The number of nitrogens with zero attached hydrogens (tertiary/aromatic N) is 1. The van der Waals surface area contributed by atoms with Crippen molar-refractivity contribution in [3.63, 3.8) is 0 Å². The maximum atomic E-state index is 13.0. The summed E-state index contributed by atoms with van der Waals surface area (Å²) < 4.78 is 13.0. The second kappa shape index (κ2) is 5.38. The zero-order valence-electron chi connectivity index (χ0n) is 10.9. The zero-order valence-corrected chi connectivity index (χ0v) is 10.9. The second-order valence-electron chi connectivity index (χ2n) is 4.93. The number of amides is 2. The van der Waals surface area contributed by atoms with Gasteiger partial charge in [-0.3, -0.25) is 9.59 Å². The number of hydrogen-bond donors (Lipinski definition) is 1. The minimum atomic E-state index is -0.346. The van der Waals surface area contributed by atoms with Gasteiger partial charge in [0.25, 0.3) is 5.91 Å². The number of halogens is 1. The number of likely N-dealkylation sites (tertiary alicyclic amines) is 1. The van der Waals surface area contributed by atoms with E-state index in [0.29, 0.717) is 37.1 Å². The Bertz CT molecular complexity index is 508. The van der Waals surface area contributed by atoms with Gasteiger partial charge in [0.2, 0.25) is 5.91 Å². The Morgan fingerprint density at radius 3 is 2.47 bits per heavy atom. The molecule has 1 aromatic rings. The highest BCUT2D eigenvalue weighted by atomic mass is 19.1. The highest BCUT2D eigenvalue weighted by Gasteiger charge is 2.26. The standard InChI is InChI=1S/C14H17FN2O2/c1-9-8-11(15)2-3-12(9)14(19)17-6-4-10(5-7-17)13(16)18/h2-3,8,10H,4-7H2,1H3,(H2,16,18). The molecule has 0 atom stereocenters. The summed E-state index contributed by atoms with van der Waals surface area (Å²) in [7, 11) is 0. The lowest BCUT2D eigenvalue weighted by molar-refractivity contribution is -0.123. The molecule has 1 aliphatic rings. The van der Waals surface area contributed by atoms with Crippen molar-refractivity contribution >= 4 is 11.8 Å². The van der Waals surface area contributed by atoms with Gasteiger partial charge < -0.3 is 10.6 Å². The van der Waals surface area contributed by atoms with Gasteiger partial charge in [0, 0.05) is 24.6 Å². The third kappa shape index (κ3) is 2.92. The first-order chi connectivity index (χ1) is 8.99. The number of primary amides is 1. The molecule has 0 aliphatic carbocycles. The predicted molar refractivity (Wildman–Crippen MR) is 69.0 cm³/mol. The molecule has 1 aromatic carbocycles. The largest absolute Gasteiger partial charge is 0.369 e. The fourth-order valence-corrected chi connectivity index (χ4v) is 2.40. The number of rotatable bonds is 2. The van der Waals surface area contributed by atoms with Crippen molar-refractivity contribution in [1.82, 2.24) is 4.90 Å². The number of carbonyl (C=O) groups is 2. The molecule has 2 amide bonds. The van der Waals surface area contributed by atoms with Crippen LogP contribution in [0.1, 0.15) is 28.8 Å². The highest BCUT2D eigenvalue weighted by Crippen LogP contribution is 2.20. The molecule has 5 heteroatoms. The first kappa shape index (κ1) is 13.5. The topological polar surface area (TPSA) is 63.4 Å². The van der Waals surface area contributed by atoms with E-state index in [-0.39, 0.29) is 23.5 Å². The summed E-state index contributed by atoms with van der Waals surface area (Å²) in [6.45, 7) is 2.75. The smallest absolute Gasteiger partial charge is 0.254 e. The number of benzene rings is 1. The van der Waals surface area contributed by atoms with Gasteiger partial charge in [-0.25, -0.2) is 4.39 Å². The molecule has 0 bridgehead atoms. The molecule has 2 N–H and O–H groups in total. The van der Waals surface area contributed by atoms with Gasteiger partial charge in [0.1, 0.15) is 5.82 Å². The molecule has 19 heavy (non-hydrogen) atoms. The van der Waals surface area contributed by atoms with Crippen LogP contribution in [-0.4, -0.2) is 29.8 Å². The third-order valence-electron chi connectivity index (χ3n) is 3.60. The maximum absolute atomic E-state index is 13.0. The van der Waals surface area contributed by atoms with Crippen molar-refractivity contribution in [2.45, 2.75) is 19.8 Å². The molecule has 1 heterocycles. The fourth-order valence-electron chi connectivity index (χ4n) is 2.40. The Hall–Kier alpha value is -1.91. The Labute approximate surface area is 111 Å². The first-order valence-electron chi connectivity index (χ1n) is 6.34. The molecule has 2 rings (SSSR count). The molecule has 4 nitrogen and oxygen atoms in total. The number of nitrogens with two attached hydrogens (primary N) is 1. The minimum absolute atomic E-state index is 0.111. The SMILES string of the molecule is Cc1cc(F)ccc1C(=O)N1CCC(C(N)=O)CC1. The van der Waals surface area contributed by atoms with Gasteiger partial charge in [-0.15, -0.1) is 0 Å². The first-order valence-corrected chi connectivity index (χ1v) is 6.34. The molecular weight excluding hydrogens is 247 g/mol. The van der Waals surface area contributed by atoms with Crippen LogP contribution in [0.15, 0.2) is 18.2 Å². The van der Waals surface area contributed by atoms with E-state index < -0.39 is 0 Å². The maximum Gasteiger partial charge on any atom is 0.254 e. The van der Waals surface area contributed by atoms with Crippen LogP contribution in [0.2, 0.25) is 0 Å². The monoisotopic (exact) mass is 264 g/mol. The van der Waals surface area contributed by atoms with Crippen LogP contribution in [-0.2, 0) is 4.79 Å². The molecule has 0 saturated carbocycles. The van der Waals surface area contributed by atoms with Crippen LogP contribution in [0.3, 0.4) is 0 Å². The Balaban J connectivity index is 2.07. The zero-order chi connectivity index (χ0) is 14.0. The molecule has 0 unspecified atom stereocenters. The van der Waals surface area contributed by atoms with Gasteiger partial charge in [-0.2, -0.15) is 0 Å². The summed E-state index contributed by atoms with van der Waals surface area (Å²) >= 11 is 0. The van der Waals surface area contributed by atoms with E-state index in [1.807, 2.05) is 0 Å². The number of carbonyl (C=O) groups excluding carboxylic acids is 2. The normalized spacial score (nSPS) is 16.4. The fraction of sp³-hybridized carbons (Fsp3) is 0.429. The number of hydrogen-bond acceptors (Lipinski definition) is 2. The van der Waals surface area contributed by atoms with Crippen molar-refractivity contribution in [1.29, 1.82) is 0 Å². The summed E-state index contributed by atoms with van der Waals surface area (Å²) in [6.07, 6.45) is 1.20. The van der Waals surface area contributed by atoms with Crippen LogP contribution in [0.25, 0.3) is 0 Å². The quantitative estimate of drug-likeness (QED) is 0.879. The van der Waals surface area contributed by atoms with E-state index >= 15 is 0 Å². The van der Waals surface area contributed by atoms with E-state index in [9.17, 15) is 14.0 Å². The van der Waals surface area contributed by atoms with Crippen LogP contribution >= 0.6 is 0 Å². The lowest BCUT2D eigenvalue weighted by Gasteiger charge is -2.31. The predicted octanol–water partition coefficient (Wildman–Crippen LogP) is 1.47. The minimum Gasteiger partial charge on any atom is -0.369 e. The van der Waals surface area contributed by atoms with E-state index in [0.717, 1.165) is 0 Å². The van der Waals surface area contributed by atoms with Gasteiger partial charge in [-0.05, 0) is 43.5 Å². The van der Waals surface area contributed by atoms with E-state index in [2.05, 4.69) is 0 Å².